The van der Waals surface area contributed by atoms with Crippen molar-refractivity contribution in [3.05, 3.63) is 36.3 Å². The van der Waals surface area contributed by atoms with Gasteiger partial charge in [0.05, 0.1) is 49.7 Å². The van der Waals surface area contributed by atoms with Crippen LogP contribution in [0.15, 0.2) is 30.7 Å². The lowest BCUT2D eigenvalue weighted by atomic mass is 9.84. The number of ether oxygens (including phenoxy) is 4. The van der Waals surface area contributed by atoms with Gasteiger partial charge >= 0.3 is 0 Å². The molecule has 3 aromatic rings. The van der Waals surface area contributed by atoms with Crippen LogP contribution in [0.25, 0.3) is 10.9 Å². The third-order valence-corrected chi connectivity index (χ3v) is 7.87. The van der Waals surface area contributed by atoms with Gasteiger partial charge in [-0.3, -0.25) is 14.6 Å². The Morgan fingerprint density at radius 2 is 1.71 bits per heavy atom. The SMILES string of the molecule is Cn1cc([C@H]2CC[C@@H](Oc3nc(N4CCOCC4)cc4ncc(OCCN5CCOCC5)cc34)CC2)cn1. The van der Waals surface area contributed by atoms with Crippen LogP contribution in [0.2, 0.25) is 0 Å². The number of pyridine rings is 2. The zero-order chi connectivity index (χ0) is 25.7. The average Bonchev–Trinajstić information content (AvgIpc) is 3.41. The first kappa shape index (κ1) is 25.3. The Kier molecular flexibility index (Phi) is 7.89. The van der Waals surface area contributed by atoms with Crippen molar-refractivity contribution in [3.63, 3.8) is 0 Å². The zero-order valence-corrected chi connectivity index (χ0v) is 22.3. The van der Waals surface area contributed by atoms with Gasteiger partial charge in [0.25, 0.3) is 0 Å². The molecule has 5 heterocycles. The predicted molar refractivity (Wildman–Crippen MR) is 144 cm³/mol. The van der Waals surface area contributed by atoms with Crippen molar-refractivity contribution in [2.24, 2.45) is 7.05 Å². The van der Waals surface area contributed by atoms with Crippen LogP contribution in [0.1, 0.15) is 37.2 Å². The summed E-state index contributed by atoms with van der Waals surface area (Å²) in [4.78, 5) is 14.4. The van der Waals surface area contributed by atoms with Crippen LogP contribution >= 0.6 is 0 Å². The molecule has 3 aliphatic rings. The van der Waals surface area contributed by atoms with E-state index in [1.54, 1.807) is 0 Å². The molecule has 2 saturated heterocycles. The normalized spacial score (nSPS) is 23.0. The van der Waals surface area contributed by atoms with Crippen molar-refractivity contribution < 1.29 is 18.9 Å². The number of rotatable bonds is 8. The summed E-state index contributed by atoms with van der Waals surface area (Å²) in [5, 5.41) is 5.26. The van der Waals surface area contributed by atoms with Gasteiger partial charge in [-0.1, -0.05) is 0 Å². The molecule has 0 atom stereocenters. The van der Waals surface area contributed by atoms with Crippen molar-refractivity contribution in [2.45, 2.75) is 37.7 Å². The van der Waals surface area contributed by atoms with Crippen LogP contribution in [0.5, 0.6) is 11.6 Å². The molecule has 0 spiro atoms. The number of hydrogen-bond acceptors (Lipinski definition) is 9. The largest absolute Gasteiger partial charge is 0.491 e. The fourth-order valence-electron chi connectivity index (χ4n) is 5.62. The maximum Gasteiger partial charge on any atom is 0.225 e. The smallest absolute Gasteiger partial charge is 0.225 e. The van der Waals surface area contributed by atoms with E-state index in [1.165, 1.54) is 5.56 Å². The molecule has 0 bridgehead atoms. The summed E-state index contributed by atoms with van der Waals surface area (Å²) in [5.74, 6) is 2.84. The fraction of sp³-hybridized carbons (Fsp3) is 0.607. The van der Waals surface area contributed by atoms with Gasteiger partial charge in [-0.15, -0.1) is 0 Å². The van der Waals surface area contributed by atoms with Gasteiger partial charge in [0.2, 0.25) is 5.88 Å². The molecule has 10 nitrogen and oxygen atoms in total. The topological polar surface area (TPSA) is 87.0 Å². The lowest BCUT2D eigenvalue weighted by Gasteiger charge is -2.30. The second-order valence-corrected chi connectivity index (χ2v) is 10.5. The molecule has 2 aliphatic heterocycles. The third kappa shape index (κ3) is 6.03. The van der Waals surface area contributed by atoms with Gasteiger partial charge < -0.3 is 23.8 Å². The number of nitrogens with zero attached hydrogens (tertiary/aromatic N) is 6. The minimum absolute atomic E-state index is 0.129. The average molecular weight is 523 g/mol. The van der Waals surface area contributed by atoms with E-state index in [0.29, 0.717) is 31.6 Å². The number of morpholine rings is 2. The Balaban J connectivity index is 1.18. The first-order valence-corrected chi connectivity index (χ1v) is 13.9. The lowest BCUT2D eigenvalue weighted by Crippen LogP contribution is -2.38. The highest BCUT2D eigenvalue weighted by atomic mass is 16.5. The van der Waals surface area contributed by atoms with Gasteiger partial charge in [0.1, 0.15) is 24.3 Å². The van der Waals surface area contributed by atoms with Crippen LogP contribution in [0.3, 0.4) is 0 Å². The summed E-state index contributed by atoms with van der Waals surface area (Å²) in [6.45, 7) is 8.02. The summed E-state index contributed by atoms with van der Waals surface area (Å²) in [5.41, 5.74) is 2.20. The number of aromatic nitrogens is 4. The zero-order valence-electron chi connectivity index (χ0n) is 22.3. The number of anilines is 1. The van der Waals surface area contributed by atoms with E-state index in [-0.39, 0.29) is 6.10 Å². The summed E-state index contributed by atoms with van der Waals surface area (Å²) < 4.78 is 25.6. The van der Waals surface area contributed by atoms with Gasteiger partial charge in [-0.2, -0.15) is 10.1 Å². The molecule has 0 radical (unpaired) electrons. The number of hydrogen-bond donors (Lipinski definition) is 0. The third-order valence-electron chi connectivity index (χ3n) is 7.87. The molecule has 0 amide bonds. The van der Waals surface area contributed by atoms with Gasteiger partial charge in [-0.25, -0.2) is 0 Å². The van der Waals surface area contributed by atoms with Gasteiger partial charge in [0, 0.05) is 52.0 Å². The predicted octanol–water partition coefficient (Wildman–Crippen LogP) is 3.02. The minimum atomic E-state index is 0.129. The van der Waals surface area contributed by atoms with Crippen LogP contribution < -0.4 is 14.4 Å². The van der Waals surface area contributed by atoms with E-state index >= 15 is 0 Å². The molecule has 10 heteroatoms. The van der Waals surface area contributed by atoms with Gasteiger partial charge in [0.15, 0.2) is 0 Å². The molecular formula is C28H38N6O4. The Morgan fingerprint density at radius 3 is 2.45 bits per heavy atom. The molecule has 38 heavy (non-hydrogen) atoms. The quantitative estimate of drug-likeness (QED) is 0.443. The molecular weight excluding hydrogens is 484 g/mol. The molecule has 3 aromatic heterocycles. The van der Waals surface area contributed by atoms with E-state index < -0.39 is 0 Å². The van der Waals surface area contributed by atoms with E-state index in [0.717, 1.165) is 94.1 Å². The molecule has 0 N–H and O–H groups in total. The fourth-order valence-corrected chi connectivity index (χ4v) is 5.62. The van der Waals surface area contributed by atoms with Gasteiger partial charge in [-0.05, 0) is 43.2 Å². The minimum Gasteiger partial charge on any atom is -0.491 e. The summed E-state index contributed by atoms with van der Waals surface area (Å²) in [6.07, 6.45) is 10.2. The van der Waals surface area contributed by atoms with E-state index in [4.69, 9.17) is 28.9 Å². The number of fused-ring (bicyclic) bond motifs is 1. The van der Waals surface area contributed by atoms with E-state index in [9.17, 15) is 0 Å². The Hall–Kier alpha value is -2.95. The molecule has 1 aliphatic carbocycles. The van der Waals surface area contributed by atoms with Crippen LogP contribution in [0.4, 0.5) is 5.82 Å². The first-order chi connectivity index (χ1) is 18.7. The highest BCUT2D eigenvalue weighted by Crippen LogP contribution is 2.36. The monoisotopic (exact) mass is 522 g/mol. The molecule has 0 aromatic carbocycles. The number of aryl methyl sites for hydroxylation is 1. The standard InChI is InChI=1S/C28H38N6O4/c1-32-20-22(18-30-32)21-2-4-23(5-3-21)38-28-25-16-24(37-15-8-33-6-11-35-12-7-33)19-29-26(25)17-27(31-28)34-9-13-36-14-10-34/h16-21,23H,2-15H2,1H3/t21-,23+. The first-order valence-electron chi connectivity index (χ1n) is 13.9. The molecule has 6 rings (SSSR count). The molecule has 3 fully saturated rings. The molecule has 204 valence electrons. The van der Waals surface area contributed by atoms with Crippen molar-refractivity contribution >= 4 is 16.7 Å². The summed E-state index contributed by atoms with van der Waals surface area (Å²) in [6, 6.07) is 4.10. The Labute approximate surface area is 223 Å². The van der Waals surface area contributed by atoms with Crippen LogP contribution in [-0.2, 0) is 16.5 Å². The van der Waals surface area contributed by atoms with E-state index in [2.05, 4.69) is 27.2 Å². The molecule has 0 unspecified atom stereocenters. The van der Waals surface area contributed by atoms with Crippen molar-refractivity contribution in [3.8, 4) is 11.6 Å². The lowest BCUT2D eigenvalue weighted by molar-refractivity contribution is 0.0322. The van der Waals surface area contributed by atoms with Crippen LogP contribution in [-0.4, -0.2) is 96.5 Å². The van der Waals surface area contributed by atoms with Crippen molar-refractivity contribution in [1.82, 2.24) is 24.6 Å². The van der Waals surface area contributed by atoms with Crippen molar-refractivity contribution in [2.75, 3.05) is 70.7 Å². The second kappa shape index (κ2) is 11.8. The summed E-state index contributed by atoms with van der Waals surface area (Å²) >= 11 is 0. The Bertz CT molecular complexity index is 1200. The second-order valence-electron chi connectivity index (χ2n) is 10.5. The maximum atomic E-state index is 6.64. The summed E-state index contributed by atoms with van der Waals surface area (Å²) in [7, 11) is 1.98. The van der Waals surface area contributed by atoms with Crippen LogP contribution in [0, 0.1) is 0 Å². The van der Waals surface area contributed by atoms with Crippen molar-refractivity contribution in [1.29, 1.82) is 0 Å². The molecule has 1 saturated carbocycles. The highest BCUT2D eigenvalue weighted by molar-refractivity contribution is 5.87. The Morgan fingerprint density at radius 1 is 0.947 bits per heavy atom. The van der Waals surface area contributed by atoms with E-state index in [1.807, 2.05) is 30.2 Å². The highest BCUT2D eigenvalue weighted by Gasteiger charge is 2.26. The maximum absolute atomic E-state index is 6.64.